The molecule has 0 unspecified atom stereocenters. The molecule has 1 aliphatic rings. The van der Waals surface area contributed by atoms with E-state index in [1.54, 1.807) is 6.92 Å². The van der Waals surface area contributed by atoms with E-state index in [-0.39, 0.29) is 5.91 Å². The third kappa shape index (κ3) is 2.48. The van der Waals surface area contributed by atoms with Crippen LogP contribution in [0.15, 0.2) is 0 Å². The maximum absolute atomic E-state index is 11.1. The summed E-state index contributed by atoms with van der Waals surface area (Å²) < 4.78 is 0. The first-order chi connectivity index (χ1) is 5.74. The highest BCUT2D eigenvalue weighted by molar-refractivity contribution is 5.73. The van der Waals surface area contributed by atoms with Gasteiger partial charge < -0.3 is 10.2 Å². The molecule has 0 bridgehead atoms. The number of likely N-dealkylation sites (N-methyl/N-ethyl adjacent to an activating group) is 1. The highest BCUT2D eigenvalue weighted by Gasteiger charge is 2.17. The predicted molar refractivity (Wildman–Crippen MR) is 49.0 cm³/mol. The van der Waals surface area contributed by atoms with E-state index in [1.165, 1.54) is 12.8 Å². The average molecular weight is 170 g/mol. The van der Waals surface area contributed by atoms with E-state index >= 15 is 0 Å². The van der Waals surface area contributed by atoms with Gasteiger partial charge in [0.1, 0.15) is 0 Å². The van der Waals surface area contributed by atoms with Crippen molar-refractivity contribution in [2.24, 2.45) is 0 Å². The van der Waals surface area contributed by atoms with Gasteiger partial charge in [0.25, 0.3) is 0 Å². The molecule has 3 nitrogen and oxygen atoms in total. The number of rotatable bonds is 3. The second kappa shape index (κ2) is 4.45. The quantitative estimate of drug-likeness (QED) is 0.673. The first-order valence-corrected chi connectivity index (χ1v) is 4.73. The molecule has 12 heavy (non-hydrogen) atoms. The third-order valence-electron chi connectivity index (χ3n) is 2.43. The van der Waals surface area contributed by atoms with Crippen molar-refractivity contribution in [2.45, 2.75) is 32.7 Å². The Hall–Kier alpha value is -0.570. The monoisotopic (exact) mass is 170 g/mol. The van der Waals surface area contributed by atoms with E-state index in [4.69, 9.17) is 0 Å². The lowest BCUT2D eigenvalue weighted by Gasteiger charge is -2.22. The van der Waals surface area contributed by atoms with Gasteiger partial charge in [0.15, 0.2) is 0 Å². The van der Waals surface area contributed by atoms with Crippen LogP contribution in [0.3, 0.4) is 0 Å². The summed E-state index contributed by atoms with van der Waals surface area (Å²) in [5, 5.41) is 3.38. The second-order valence-electron chi connectivity index (χ2n) is 3.35. The maximum atomic E-state index is 11.1. The van der Waals surface area contributed by atoms with Crippen molar-refractivity contribution < 1.29 is 4.79 Å². The minimum atomic E-state index is 0.186. The molecular weight excluding hydrogens is 152 g/mol. The summed E-state index contributed by atoms with van der Waals surface area (Å²) in [6.07, 6.45) is 2.46. The van der Waals surface area contributed by atoms with Gasteiger partial charge in [-0.25, -0.2) is 0 Å². The summed E-state index contributed by atoms with van der Waals surface area (Å²) in [5.41, 5.74) is 0. The molecule has 0 aliphatic carbocycles. The molecule has 1 heterocycles. The van der Waals surface area contributed by atoms with Crippen LogP contribution < -0.4 is 5.32 Å². The molecule has 1 N–H and O–H groups in total. The van der Waals surface area contributed by atoms with Crippen LogP contribution in [-0.2, 0) is 4.79 Å². The van der Waals surface area contributed by atoms with Crippen LogP contribution in [0.2, 0.25) is 0 Å². The van der Waals surface area contributed by atoms with Crippen LogP contribution in [0.1, 0.15) is 26.7 Å². The van der Waals surface area contributed by atoms with Gasteiger partial charge in [-0.15, -0.1) is 0 Å². The molecule has 1 saturated heterocycles. The molecule has 0 spiro atoms. The number of carbonyl (C=O) groups is 1. The van der Waals surface area contributed by atoms with Gasteiger partial charge in [-0.2, -0.15) is 0 Å². The highest BCUT2D eigenvalue weighted by atomic mass is 16.2. The number of carbonyl (C=O) groups excluding carboxylic acids is 1. The van der Waals surface area contributed by atoms with Crippen LogP contribution in [0.5, 0.6) is 0 Å². The van der Waals surface area contributed by atoms with Crippen molar-refractivity contribution in [3.05, 3.63) is 0 Å². The standard InChI is InChI=1S/C9H18N2O/c1-3-11(8(2)12)7-9-5-4-6-10-9/h9-10H,3-7H2,1-2H3/t9-/m0/s1. The number of nitrogens with zero attached hydrogens (tertiary/aromatic N) is 1. The Morgan fingerprint density at radius 1 is 1.67 bits per heavy atom. The minimum absolute atomic E-state index is 0.186. The largest absolute Gasteiger partial charge is 0.342 e. The first kappa shape index (κ1) is 9.52. The smallest absolute Gasteiger partial charge is 0.219 e. The maximum Gasteiger partial charge on any atom is 0.219 e. The zero-order valence-corrected chi connectivity index (χ0v) is 7.97. The summed E-state index contributed by atoms with van der Waals surface area (Å²) in [7, 11) is 0. The fraction of sp³-hybridized carbons (Fsp3) is 0.889. The van der Waals surface area contributed by atoms with Gasteiger partial charge in [0, 0.05) is 26.1 Å². The topological polar surface area (TPSA) is 32.3 Å². The Bertz CT molecular complexity index is 153. The van der Waals surface area contributed by atoms with E-state index in [9.17, 15) is 4.79 Å². The fourth-order valence-electron chi connectivity index (χ4n) is 1.66. The fourth-order valence-corrected chi connectivity index (χ4v) is 1.66. The van der Waals surface area contributed by atoms with Gasteiger partial charge in [-0.3, -0.25) is 4.79 Å². The molecule has 1 aliphatic heterocycles. The lowest BCUT2D eigenvalue weighted by atomic mass is 10.2. The van der Waals surface area contributed by atoms with E-state index in [0.717, 1.165) is 19.6 Å². The van der Waals surface area contributed by atoms with Gasteiger partial charge in [-0.1, -0.05) is 0 Å². The number of amides is 1. The summed E-state index contributed by atoms with van der Waals surface area (Å²) in [5.74, 6) is 0.186. The number of hydrogen-bond acceptors (Lipinski definition) is 2. The SMILES string of the molecule is CCN(C[C@@H]1CCCN1)C(C)=O. The third-order valence-corrected chi connectivity index (χ3v) is 2.43. The van der Waals surface area contributed by atoms with E-state index in [0.29, 0.717) is 6.04 Å². The highest BCUT2D eigenvalue weighted by Crippen LogP contribution is 2.06. The van der Waals surface area contributed by atoms with Gasteiger partial charge in [0.05, 0.1) is 0 Å². The molecule has 1 fully saturated rings. The predicted octanol–water partition coefficient (Wildman–Crippen LogP) is 0.607. The molecule has 0 radical (unpaired) electrons. The van der Waals surface area contributed by atoms with Crippen LogP contribution >= 0.6 is 0 Å². The van der Waals surface area contributed by atoms with Gasteiger partial charge in [-0.05, 0) is 26.3 Å². The summed E-state index contributed by atoms with van der Waals surface area (Å²) in [6.45, 7) is 6.48. The van der Waals surface area contributed by atoms with Crippen LogP contribution in [0.25, 0.3) is 0 Å². The molecule has 1 rings (SSSR count). The van der Waals surface area contributed by atoms with Crippen molar-refractivity contribution in [3.63, 3.8) is 0 Å². The van der Waals surface area contributed by atoms with E-state index < -0.39 is 0 Å². The van der Waals surface area contributed by atoms with Crippen LogP contribution in [-0.4, -0.2) is 36.5 Å². The molecular formula is C9H18N2O. The van der Waals surface area contributed by atoms with Crippen molar-refractivity contribution in [1.29, 1.82) is 0 Å². The van der Waals surface area contributed by atoms with E-state index in [2.05, 4.69) is 5.32 Å². The average Bonchev–Trinajstić information content (AvgIpc) is 2.51. The zero-order chi connectivity index (χ0) is 8.97. The molecule has 0 aromatic rings. The Balaban J connectivity index is 2.30. The summed E-state index contributed by atoms with van der Waals surface area (Å²) >= 11 is 0. The van der Waals surface area contributed by atoms with Crippen molar-refractivity contribution in [1.82, 2.24) is 10.2 Å². The van der Waals surface area contributed by atoms with Crippen molar-refractivity contribution in [3.8, 4) is 0 Å². The Kier molecular flexibility index (Phi) is 3.53. The molecule has 1 amide bonds. The molecule has 3 heteroatoms. The first-order valence-electron chi connectivity index (χ1n) is 4.73. The normalized spacial score (nSPS) is 22.7. The van der Waals surface area contributed by atoms with Crippen molar-refractivity contribution in [2.75, 3.05) is 19.6 Å². The molecule has 1 atom stereocenters. The molecule has 70 valence electrons. The van der Waals surface area contributed by atoms with Crippen molar-refractivity contribution >= 4 is 5.91 Å². The molecule has 0 aromatic carbocycles. The lowest BCUT2D eigenvalue weighted by molar-refractivity contribution is -0.128. The second-order valence-corrected chi connectivity index (χ2v) is 3.35. The number of nitrogens with one attached hydrogen (secondary N) is 1. The molecule has 0 aromatic heterocycles. The van der Waals surface area contributed by atoms with E-state index in [1.807, 2.05) is 11.8 Å². The Morgan fingerprint density at radius 3 is 2.83 bits per heavy atom. The van der Waals surface area contributed by atoms with Gasteiger partial charge in [0.2, 0.25) is 5.91 Å². The summed E-state index contributed by atoms with van der Waals surface area (Å²) in [6, 6.07) is 0.536. The minimum Gasteiger partial charge on any atom is -0.342 e. The van der Waals surface area contributed by atoms with Crippen LogP contribution in [0.4, 0.5) is 0 Å². The Labute approximate surface area is 74.1 Å². The van der Waals surface area contributed by atoms with Crippen LogP contribution in [0, 0.1) is 0 Å². The zero-order valence-electron chi connectivity index (χ0n) is 7.97. The number of hydrogen-bond donors (Lipinski definition) is 1. The molecule has 0 saturated carbocycles. The lowest BCUT2D eigenvalue weighted by Crippen LogP contribution is -2.39. The summed E-state index contributed by atoms with van der Waals surface area (Å²) in [4.78, 5) is 13.0. The Morgan fingerprint density at radius 2 is 2.42 bits per heavy atom. The van der Waals surface area contributed by atoms with Gasteiger partial charge >= 0.3 is 0 Å².